The van der Waals surface area contributed by atoms with Crippen LogP contribution in [0.5, 0.6) is 0 Å². The third kappa shape index (κ3) is 3.73. The molecule has 0 radical (unpaired) electrons. The number of carboxylic acids is 1. The number of nitrogens with two attached hydrogens (primary N) is 1. The highest BCUT2D eigenvalue weighted by atomic mass is 32.1. The quantitative estimate of drug-likeness (QED) is 0.422. The lowest BCUT2D eigenvalue weighted by molar-refractivity contribution is -0.143. The summed E-state index contributed by atoms with van der Waals surface area (Å²) in [6.45, 7) is 0.336. The van der Waals surface area contributed by atoms with Crippen LogP contribution in [0.3, 0.4) is 0 Å². The molecule has 0 spiro atoms. The molecule has 3 heterocycles. The van der Waals surface area contributed by atoms with E-state index in [-0.39, 0.29) is 35.3 Å². The molecule has 31 heavy (non-hydrogen) atoms. The summed E-state index contributed by atoms with van der Waals surface area (Å²) in [6.07, 6.45) is 0. The van der Waals surface area contributed by atoms with E-state index in [1.807, 2.05) is 6.07 Å². The summed E-state index contributed by atoms with van der Waals surface area (Å²) in [5.74, 6) is -2.45. The number of carbonyl (C=O) groups is 3. The van der Waals surface area contributed by atoms with Gasteiger partial charge in [-0.05, 0) is 5.56 Å². The number of aromatic nitrogens is 1. The molecule has 1 aromatic heterocycles. The molecule has 1 saturated heterocycles. The van der Waals surface area contributed by atoms with Gasteiger partial charge in [-0.2, -0.15) is 0 Å². The molecule has 1 atom stereocenters. The number of carbonyl (C=O) groups excluding carboxylic acids is 2. The molecule has 12 heteroatoms. The summed E-state index contributed by atoms with van der Waals surface area (Å²) in [7, 11) is 1.28. The molecule has 2 amide bonds. The van der Waals surface area contributed by atoms with Gasteiger partial charge in [-0.1, -0.05) is 35.5 Å². The van der Waals surface area contributed by atoms with Crippen molar-refractivity contribution in [2.75, 3.05) is 25.9 Å². The van der Waals surface area contributed by atoms with Crippen molar-refractivity contribution in [2.24, 2.45) is 5.16 Å². The molecule has 1 fully saturated rings. The average Bonchev–Trinajstić information content (AvgIpc) is 3.42. The highest BCUT2D eigenvalue weighted by molar-refractivity contribution is 7.13. The zero-order valence-corrected chi connectivity index (χ0v) is 17.1. The number of aliphatic carboxylic acids is 1. The Hall–Kier alpha value is -3.77. The molecule has 1 aromatic carbocycles. The first-order valence-electron chi connectivity index (χ1n) is 9.14. The van der Waals surface area contributed by atoms with Crippen molar-refractivity contribution < 1.29 is 24.3 Å². The number of nitrogen functional groups attached to an aromatic ring is 1. The Morgan fingerprint density at radius 3 is 2.71 bits per heavy atom. The van der Waals surface area contributed by atoms with E-state index in [2.05, 4.69) is 15.5 Å². The molecular weight excluding hydrogens is 424 g/mol. The minimum Gasteiger partial charge on any atom is -0.477 e. The first kappa shape index (κ1) is 20.5. The van der Waals surface area contributed by atoms with Crippen molar-refractivity contribution >= 4 is 45.5 Å². The van der Waals surface area contributed by atoms with Gasteiger partial charge >= 0.3 is 5.97 Å². The van der Waals surface area contributed by atoms with E-state index in [1.165, 1.54) is 7.11 Å². The van der Waals surface area contributed by atoms with Crippen LogP contribution in [0.15, 0.2) is 46.6 Å². The van der Waals surface area contributed by atoms with E-state index >= 15 is 0 Å². The topological polar surface area (TPSA) is 150 Å². The number of carboxylic acid groups (broad SMARTS) is 1. The SMILES string of the molecule is CO/N=C(\C(=O)N[C@H]1CN2CC(c3ccccc3)=C(C(=O)O)N2C1=O)c1csc(N)n1. The van der Waals surface area contributed by atoms with E-state index in [0.717, 1.165) is 21.9 Å². The number of rotatable bonds is 6. The van der Waals surface area contributed by atoms with Crippen LogP contribution in [0.2, 0.25) is 0 Å². The van der Waals surface area contributed by atoms with E-state index in [9.17, 15) is 19.5 Å². The van der Waals surface area contributed by atoms with Gasteiger partial charge in [0.2, 0.25) is 0 Å². The Morgan fingerprint density at radius 2 is 2.10 bits per heavy atom. The Bertz CT molecular complexity index is 1110. The van der Waals surface area contributed by atoms with Crippen molar-refractivity contribution in [2.45, 2.75) is 6.04 Å². The molecule has 0 bridgehead atoms. The van der Waals surface area contributed by atoms with E-state index in [4.69, 9.17) is 10.6 Å². The van der Waals surface area contributed by atoms with E-state index in [0.29, 0.717) is 5.57 Å². The van der Waals surface area contributed by atoms with E-state index in [1.54, 1.807) is 34.7 Å². The number of oxime groups is 1. The predicted octanol–water partition coefficient (Wildman–Crippen LogP) is 0.129. The molecular formula is C19H18N6O5S. The number of hydrazine groups is 1. The maximum atomic E-state index is 13.0. The molecule has 2 aromatic rings. The molecule has 2 aliphatic heterocycles. The number of fused-ring (bicyclic) bond motifs is 1. The third-order valence-electron chi connectivity index (χ3n) is 4.81. The zero-order chi connectivity index (χ0) is 22.1. The van der Waals surface area contributed by atoms with Crippen molar-refractivity contribution in [3.63, 3.8) is 0 Å². The number of anilines is 1. The number of benzene rings is 1. The van der Waals surface area contributed by atoms with Crippen LogP contribution in [-0.2, 0) is 19.2 Å². The monoisotopic (exact) mass is 442 g/mol. The third-order valence-corrected chi connectivity index (χ3v) is 5.49. The van der Waals surface area contributed by atoms with Gasteiger partial charge in [0.25, 0.3) is 11.8 Å². The van der Waals surface area contributed by atoms with Gasteiger partial charge in [0, 0.05) is 24.0 Å². The standard InChI is InChI=1S/C19H18N6O5S/c1-30-23-14(13-9-31-19(20)22-13)16(26)21-12-8-24-7-11(10-5-3-2-4-6-10)15(18(28)29)25(24)17(12)27/h2-6,9,12H,7-8H2,1H3,(H2,20,22)(H,21,26)(H,28,29)/b23-14-/t12-/m0/s1. The average molecular weight is 442 g/mol. The molecule has 11 nitrogen and oxygen atoms in total. The minimum absolute atomic E-state index is 0.108. The maximum Gasteiger partial charge on any atom is 0.354 e. The van der Waals surface area contributed by atoms with Crippen LogP contribution in [0.25, 0.3) is 5.57 Å². The van der Waals surface area contributed by atoms with Crippen LogP contribution in [0.1, 0.15) is 11.3 Å². The number of nitrogens with one attached hydrogen (secondary N) is 1. The Balaban J connectivity index is 1.57. The number of amides is 2. The molecule has 2 aliphatic rings. The zero-order valence-electron chi connectivity index (χ0n) is 16.3. The second-order valence-electron chi connectivity index (χ2n) is 6.72. The van der Waals surface area contributed by atoms with Crippen molar-refractivity contribution in [3.8, 4) is 0 Å². The van der Waals surface area contributed by atoms with Gasteiger partial charge in [-0.25, -0.2) is 19.8 Å². The normalized spacial score (nSPS) is 19.0. The van der Waals surface area contributed by atoms with Crippen LogP contribution in [-0.4, -0.2) is 69.8 Å². The molecule has 4 rings (SSSR count). The molecule has 0 aliphatic carbocycles. The lowest BCUT2D eigenvalue weighted by atomic mass is 10.0. The Kier molecular flexibility index (Phi) is 5.40. The first-order chi connectivity index (χ1) is 14.9. The van der Waals surface area contributed by atoms with Crippen molar-refractivity contribution in [1.29, 1.82) is 0 Å². The Labute approximate surface area is 180 Å². The Morgan fingerprint density at radius 1 is 1.35 bits per heavy atom. The van der Waals surface area contributed by atoms with Crippen LogP contribution in [0, 0.1) is 0 Å². The maximum absolute atomic E-state index is 13.0. The van der Waals surface area contributed by atoms with Crippen LogP contribution < -0.4 is 11.1 Å². The lowest BCUT2D eigenvalue weighted by Crippen LogP contribution is -2.46. The second-order valence-corrected chi connectivity index (χ2v) is 7.60. The van der Waals surface area contributed by atoms with Crippen molar-refractivity contribution in [3.05, 3.63) is 52.7 Å². The fourth-order valence-corrected chi connectivity index (χ4v) is 4.09. The summed E-state index contributed by atoms with van der Waals surface area (Å²) < 4.78 is 0. The van der Waals surface area contributed by atoms with Crippen LogP contribution >= 0.6 is 11.3 Å². The van der Waals surface area contributed by atoms with Gasteiger partial charge in [0.15, 0.2) is 16.5 Å². The minimum atomic E-state index is -1.22. The molecule has 4 N–H and O–H groups in total. The molecule has 0 unspecified atom stereocenters. The molecule has 160 valence electrons. The summed E-state index contributed by atoms with van der Waals surface area (Å²) >= 11 is 1.13. The lowest BCUT2D eigenvalue weighted by Gasteiger charge is -2.19. The first-order valence-corrected chi connectivity index (χ1v) is 10.0. The fraction of sp³-hybridized carbons (Fsp3) is 0.211. The highest BCUT2D eigenvalue weighted by Crippen LogP contribution is 2.34. The van der Waals surface area contributed by atoms with Crippen molar-refractivity contribution in [1.82, 2.24) is 20.3 Å². The highest BCUT2D eigenvalue weighted by Gasteiger charge is 2.48. The summed E-state index contributed by atoms with van der Waals surface area (Å²) in [4.78, 5) is 46.5. The number of thiazole rings is 1. The molecule has 0 saturated carbocycles. The number of hydrogen-bond acceptors (Lipinski definition) is 9. The summed E-state index contributed by atoms with van der Waals surface area (Å²) in [5.41, 5.74) is 6.83. The number of hydrogen-bond donors (Lipinski definition) is 3. The summed E-state index contributed by atoms with van der Waals surface area (Å²) in [6, 6.07) is 8.04. The fourth-order valence-electron chi connectivity index (χ4n) is 3.54. The predicted molar refractivity (Wildman–Crippen MR) is 111 cm³/mol. The van der Waals surface area contributed by atoms with Gasteiger partial charge in [0.05, 0.1) is 0 Å². The van der Waals surface area contributed by atoms with Gasteiger partial charge < -0.3 is 21.0 Å². The second kappa shape index (κ2) is 8.16. The smallest absolute Gasteiger partial charge is 0.354 e. The van der Waals surface area contributed by atoms with Gasteiger partial charge in [0.1, 0.15) is 18.8 Å². The van der Waals surface area contributed by atoms with Gasteiger partial charge in [-0.15, -0.1) is 11.3 Å². The largest absolute Gasteiger partial charge is 0.477 e. The van der Waals surface area contributed by atoms with Crippen LogP contribution in [0.4, 0.5) is 5.13 Å². The number of nitrogens with zero attached hydrogens (tertiary/aromatic N) is 4. The summed E-state index contributed by atoms with van der Waals surface area (Å²) in [5, 5.41) is 20.5. The van der Waals surface area contributed by atoms with Gasteiger partial charge in [-0.3, -0.25) is 9.59 Å². The van der Waals surface area contributed by atoms with E-state index < -0.39 is 23.8 Å².